The molecular weight excluding hydrogens is 538 g/mol. The number of benzene rings is 4. The summed E-state index contributed by atoms with van der Waals surface area (Å²) in [6, 6.07) is 25.8. The summed E-state index contributed by atoms with van der Waals surface area (Å²) in [5.41, 5.74) is 6.59. The lowest BCUT2D eigenvalue weighted by Crippen LogP contribution is -2.33. The molecule has 8 rings (SSSR count). The number of hydrogen-bond acceptors (Lipinski definition) is 5. The van der Waals surface area contributed by atoms with Crippen molar-refractivity contribution in [2.45, 2.75) is 39.3 Å². The molecule has 2 N–H and O–H groups in total. The van der Waals surface area contributed by atoms with E-state index in [0.29, 0.717) is 23.6 Å². The van der Waals surface area contributed by atoms with Gasteiger partial charge in [-0.25, -0.2) is 0 Å². The SMILES string of the molecule is CC1(C)CC(=O)C2=C(C1)c1c(ccc3ccccc13)N[C@H]2c1cn(CC(=O)Nc2ccc3c(c2)OCO3)c2ccccc12. The van der Waals surface area contributed by atoms with E-state index < -0.39 is 0 Å². The van der Waals surface area contributed by atoms with Gasteiger partial charge in [0.1, 0.15) is 6.54 Å². The Morgan fingerprint density at radius 2 is 1.74 bits per heavy atom. The van der Waals surface area contributed by atoms with E-state index in [9.17, 15) is 9.59 Å². The fourth-order valence-electron chi connectivity index (χ4n) is 7.04. The van der Waals surface area contributed by atoms with Crippen LogP contribution in [0.3, 0.4) is 0 Å². The van der Waals surface area contributed by atoms with Crippen LogP contribution >= 0.6 is 0 Å². The summed E-state index contributed by atoms with van der Waals surface area (Å²) >= 11 is 0. The van der Waals surface area contributed by atoms with Crippen molar-refractivity contribution in [2.75, 3.05) is 17.4 Å². The second-order valence-corrected chi connectivity index (χ2v) is 12.5. The number of para-hydroxylation sites is 1. The van der Waals surface area contributed by atoms with Crippen molar-refractivity contribution in [2.24, 2.45) is 5.41 Å². The molecule has 0 bridgehead atoms. The summed E-state index contributed by atoms with van der Waals surface area (Å²) in [7, 11) is 0. The monoisotopic (exact) mass is 569 g/mol. The van der Waals surface area contributed by atoms with Crippen molar-refractivity contribution in [1.82, 2.24) is 4.57 Å². The second kappa shape index (κ2) is 9.49. The lowest BCUT2D eigenvalue weighted by atomic mass is 9.68. The number of Topliss-reactive ketones (excluding diaryl/α,β-unsaturated/α-hetero) is 1. The highest BCUT2D eigenvalue weighted by molar-refractivity contribution is 6.13. The Morgan fingerprint density at radius 1 is 0.953 bits per heavy atom. The van der Waals surface area contributed by atoms with Gasteiger partial charge < -0.3 is 24.7 Å². The van der Waals surface area contributed by atoms with Crippen molar-refractivity contribution in [3.63, 3.8) is 0 Å². The topological polar surface area (TPSA) is 81.6 Å². The molecular formula is C36H31N3O4. The highest BCUT2D eigenvalue weighted by Gasteiger charge is 2.41. The smallest absolute Gasteiger partial charge is 0.244 e. The lowest BCUT2D eigenvalue weighted by molar-refractivity contribution is -0.118. The average molecular weight is 570 g/mol. The van der Waals surface area contributed by atoms with Crippen LogP contribution in [0.4, 0.5) is 11.4 Å². The number of fused-ring (bicyclic) bond motifs is 6. The molecule has 3 aliphatic rings. The molecule has 7 nitrogen and oxygen atoms in total. The van der Waals surface area contributed by atoms with E-state index in [0.717, 1.165) is 56.1 Å². The zero-order valence-corrected chi connectivity index (χ0v) is 24.1. The van der Waals surface area contributed by atoms with Gasteiger partial charge in [0.2, 0.25) is 12.7 Å². The summed E-state index contributed by atoms with van der Waals surface area (Å²) in [4.78, 5) is 27.3. The Bertz CT molecular complexity index is 2020. The summed E-state index contributed by atoms with van der Waals surface area (Å²) in [5, 5.41) is 10.1. The number of aromatic nitrogens is 1. The number of rotatable bonds is 4. The Balaban J connectivity index is 1.21. The predicted molar refractivity (Wildman–Crippen MR) is 168 cm³/mol. The number of hydrogen-bond donors (Lipinski definition) is 2. The fourth-order valence-corrected chi connectivity index (χ4v) is 7.04. The van der Waals surface area contributed by atoms with Crippen molar-refractivity contribution in [3.8, 4) is 11.5 Å². The minimum absolute atomic E-state index is 0.121. The van der Waals surface area contributed by atoms with Gasteiger partial charge in [0.25, 0.3) is 0 Å². The van der Waals surface area contributed by atoms with E-state index >= 15 is 0 Å². The van der Waals surface area contributed by atoms with Crippen LogP contribution in [0.1, 0.15) is 43.9 Å². The van der Waals surface area contributed by atoms with E-state index in [-0.39, 0.29) is 36.5 Å². The Hall–Kier alpha value is -5.04. The third kappa shape index (κ3) is 4.26. The van der Waals surface area contributed by atoms with Crippen molar-refractivity contribution in [3.05, 3.63) is 102 Å². The van der Waals surface area contributed by atoms with Crippen LogP contribution in [0.25, 0.3) is 27.2 Å². The van der Waals surface area contributed by atoms with Gasteiger partial charge in [0.15, 0.2) is 17.3 Å². The third-order valence-electron chi connectivity index (χ3n) is 8.84. The normalized spacial score (nSPS) is 18.4. The zero-order chi connectivity index (χ0) is 29.3. The highest BCUT2D eigenvalue weighted by atomic mass is 16.7. The van der Waals surface area contributed by atoms with Crippen molar-refractivity contribution >= 4 is 50.3 Å². The van der Waals surface area contributed by atoms with Gasteiger partial charge in [0.05, 0.1) is 6.04 Å². The molecule has 3 heterocycles. The van der Waals surface area contributed by atoms with Gasteiger partial charge in [-0.2, -0.15) is 0 Å². The summed E-state index contributed by atoms with van der Waals surface area (Å²) in [5.74, 6) is 1.31. The number of anilines is 2. The van der Waals surface area contributed by atoms with Gasteiger partial charge in [0, 0.05) is 57.7 Å². The van der Waals surface area contributed by atoms with Gasteiger partial charge in [-0.3, -0.25) is 9.59 Å². The van der Waals surface area contributed by atoms with E-state index in [4.69, 9.17) is 9.47 Å². The summed E-state index contributed by atoms with van der Waals surface area (Å²) in [6.45, 7) is 4.66. The van der Waals surface area contributed by atoms with Crippen LogP contribution in [-0.4, -0.2) is 23.1 Å². The molecule has 0 spiro atoms. The first-order chi connectivity index (χ1) is 20.8. The molecule has 1 amide bonds. The van der Waals surface area contributed by atoms with E-state index in [1.807, 2.05) is 35.0 Å². The number of amides is 1. The summed E-state index contributed by atoms with van der Waals surface area (Å²) < 4.78 is 12.8. The largest absolute Gasteiger partial charge is 0.454 e. The molecule has 43 heavy (non-hydrogen) atoms. The number of carbonyl (C=O) groups excluding carboxylic acids is 2. The highest BCUT2D eigenvalue weighted by Crippen LogP contribution is 2.52. The maximum absolute atomic E-state index is 14.0. The fraction of sp³-hybridized carbons (Fsp3) is 0.222. The molecule has 1 atom stereocenters. The zero-order valence-electron chi connectivity index (χ0n) is 24.1. The molecule has 1 aromatic heterocycles. The van der Waals surface area contributed by atoms with Crippen LogP contribution in [-0.2, 0) is 16.1 Å². The van der Waals surface area contributed by atoms with Crippen LogP contribution in [0.2, 0.25) is 0 Å². The van der Waals surface area contributed by atoms with Crippen LogP contribution in [0, 0.1) is 5.41 Å². The average Bonchev–Trinajstić information content (AvgIpc) is 3.60. The van der Waals surface area contributed by atoms with Gasteiger partial charge in [-0.1, -0.05) is 62.4 Å². The summed E-state index contributed by atoms with van der Waals surface area (Å²) in [6.07, 6.45) is 3.36. The standard InChI is InChI=1S/C36H31N3O4/c1-36(2)16-25-33-23-8-4-3-7-21(23)11-13-27(33)38-35(34(25)29(40)17-36)26-18-39(28-10-6-5-9-24(26)28)19-32(41)37-22-12-14-30-31(15-22)43-20-42-30/h3-15,18,35,38H,16-17,19-20H2,1-2H3,(H,37,41)/t35-/m0/s1. The molecule has 5 aromatic rings. The molecule has 4 aromatic carbocycles. The van der Waals surface area contributed by atoms with Gasteiger partial charge in [-0.05, 0) is 52.4 Å². The number of nitrogens with zero attached hydrogens (tertiary/aromatic N) is 1. The minimum atomic E-state index is -0.324. The Kier molecular flexibility index (Phi) is 5.66. The first kappa shape index (κ1) is 25.7. The van der Waals surface area contributed by atoms with Crippen LogP contribution in [0.15, 0.2) is 90.6 Å². The lowest BCUT2D eigenvalue weighted by Gasteiger charge is -2.40. The second-order valence-electron chi connectivity index (χ2n) is 12.5. The molecule has 0 saturated carbocycles. The quantitative estimate of drug-likeness (QED) is 0.235. The van der Waals surface area contributed by atoms with E-state index in [1.165, 1.54) is 0 Å². The molecule has 7 heteroatoms. The molecule has 0 fully saturated rings. The van der Waals surface area contributed by atoms with Crippen LogP contribution < -0.4 is 20.1 Å². The Labute approximate surface area is 249 Å². The van der Waals surface area contributed by atoms with Gasteiger partial charge in [-0.15, -0.1) is 0 Å². The Morgan fingerprint density at radius 3 is 2.63 bits per heavy atom. The maximum atomic E-state index is 14.0. The predicted octanol–water partition coefficient (Wildman–Crippen LogP) is 7.47. The number of nitrogens with one attached hydrogen (secondary N) is 2. The van der Waals surface area contributed by atoms with E-state index in [2.05, 4.69) is 66.9 Å². The molecule has 0 radical (unpaired) electrons. The maximum Gasteiger partial charge on any atom is 0.244 e. The first-order valence-corrected chi connectivity index (χ1v) is 14.7. The first-order valence-electron chi connectivity index (χ1n) is 14.7. The van der Waals surface area contributed by atoms with Crippen molar-refractivity contribution < 1.29 is 19.1 Å². The van der Waals surface area contributed by atoms with Crippen LogP contribution in [0.5, 0.6) is 11.5 Å². The molecule has 2 aliphatic heterocycles. The van der Waals surface area contributed by atoms with Gasteiger partial charge >= 0.3 is 0 Å². The molecule has 0 saturated heterocycles. The minimum Gasteiger partial charge on any atom is -0.454 e. The molecule has 1 aliphatic carbocycles. The van der Waals surface area contributed by atoms with E-state index in [1.54, 1.807) is 12.1 Å². The molecule has 214 valence electrons. The number of carbonyl (C=O) groups is 2. The number of ether oxygens (including phenoxy) is 2. The number of allylic oxidation sites excluding steroid dienone is 1. The molecule has 0 unspecified atom stereocenters. The third-order valence-corrected chi connectivity index (χ3v) is 8.84. The van der Waals surface area contributed by atoms with Crippen molar-refractivity contribution in [1.29, 1.82) is 0 Å². The number of ketones is 1.